The minimum Gasteiger partial charge on any atom is -0.361 e. The van der Waals surface area contributed by atoms with E-state index in [0.717, 1.165) is 48.8 Å². The molecule has 0 atom stereocenters. The summed E-state index contributed by atoms with van der Waals surface area (Å²) in [5.74, 6) is 2.14. The molecule has 3 aromatic rings. The number of nitrogens with zero attached hydrogens (tertiary/aromatic N) is 3. The number of benzene rings is 1. The van der Waals surface area contributed by atoms with Crippen LogP contribution in [0.1, 0.15) is 40.2 Å². The van der Waals surface area contributed by atoms with Gasteiger partial charge in [0.25, 0.3) is 5.91 Å². The van der Waals surface area contributed by atoms with Crippen LogP contribution in [0.2, 0.25) is 0 Å². The molecule has 1 saturated heterocycles. The van der Waals surface area contributed by atoms with Gasteiger partial charge in [0.1, 0.15) is 10.8 Å². The van der Waals surface area contributed by atoms with Gasteiger partial charge in [0, 0.05) is 31.1 Å². The molecule has 5 nitrogen and oxygen atoms in total. The summed E-state index contributed by atoms with van der Waals surface area (Å²) in [7, 11) is 0. The van der Waals surface area contributed by atoms with Crippen molar-refractivity contribution >= 4 is 17.7 Å². The predicted octanol–water partition coefficient (Wildman–Crippen LogP) is 4.77. The van der Waals surface area contributed by atoms with Gasteiger partial charge in [-0.15, -0.1) is 0 Å². The molecular weight excluding hydrogens is 382 g/mol. The fraction of sp³-hybridized carbons (Fsp3) is 0.348. The van der Waals surface area contributed by atoms with Gasteiger partial charge in [-0.3, -0.25) is 4.79 Å². The first-order valence-corrected chi connectivity index (χ1v) is 11.0. The summed E-state index contributed by atoms with van der Waals surface area (Å²) >= 11 is 1.53. The Morgan fingerprint density at radius 3 is 2.69 bits per heavy atom. The van der Waals surface area contributed by atoms with Gasteiger partial charge in [-0.25, -0.2) is 4.98 Å². The number of amides is 1. The van der Waals surface area contributed by atoms with E-state index in [-0.39, 0.29) is 5.91 Å². The maximum Gasteiger partial charge on any atom is 0.256 e. The summed E-state index contributed by atoms with van der Waals surface area (Å²) in [4.78, 5) is 19.6. The third-order valence-electron chi connectivity index (χ3n) is 5.30. The number of likely N-dealkylation sites (tertiary alicyclic amines) is 1. The van der Waals surface area contributed by atoms with Crippen molar-refractivity contribution in [1.82, 2.24) is 15.0 Å². The number of rotatable bonds is 6. The van der Waals surface area contributed by atoms with Crippen molar-refractivity contribution in [3.8, 4) is 0 Å². The SMILES string of the molecule is Cc1cc(CSc2ncccc2C(=O)N2CCC(Cc3ccccc3)CC2)no1. The summed E-state index contributed by atoms with van der Waals surface area (Å²) in [6.07, 6.45) is 4.91. The van der Waals surface area contributed by atoms with Crippen molar-refractivity contribution in [2.45, 2.75) is 37.0 Å². The minimum absolute atomic E-state index is 0.0788. The van der Waals surface area contributed by atoms with E-state index in [9.17, 15) is 4.79 Å². The third kappa shape index (κ3) is 5.07. The van der Waals surface area contributed by atoms with Gasteiger partial charge in [-0.1, -0.05) is 47.3 Å². The highest BCUT2D eigenvalue weighted by Crippen LogP contribution is 2.27. The molecule has 29 heavy (non-hydrogen) atoms. The Morgan fingerprint density at radius 1 is 1.17 bits per heavy atom. The smallest absolute Gasteiger partial charge is 0.256 e. The lowest BCUT2D eigenvalue weighted by Crippen LogP contribution is -2.39. The van der Waals surface area contributed by atoms with Crippen LogP contribution in [0.3, 0.4) is 0 Å². The quantitative estimate of drug-likeness (QED) is 0.551. The van der Waals surface area contributed by atoms with Gasteiger partial charge in [-0.2, -0.15) is 0 Å². The molecular formula is C23H25N3O2S. The number of hydrogen-bond acceptors (Lipinski definition) is 5. The fourth-order valence-electron chi connectivity index (χ4n) is 3.75. The average Bonchev–Trinajstić information content (AvgIpc) is 3.18. The van der Waals surface area contributed by atoms with Crippen LogP contribution in [0.25, 0.3) is 0 Å². The minimum atomic E-state index is 0.0788. The molecule has 0 radical (unpaired) electrons. The summed E-state index contributed by atoms with van der Waals surface area (Å²) in [5.41, 5.74) is 2.92. The fourth-order valence-corrected chi connectivity index (χ4v) is 4.62. The highest BCUT2D eigenvalue weighted by atomic mass is 32.2. The van der Waals surface area contributed by atoms with E-state index < -0.39 is 0 Å². The average molecular weight is 408 g/mol. The Kier molecular flexibility index (Phi) is 6.30. The highest BCUT2D eigenvalue weighted by molar-refractivity contribution is 7.98. The number of aromatic nitrogens is 2. The van der Waals surface area contributed by atoms with Crippen LogP contribution in [0.4, 0.5) is 0 Å². The lowest BCUT2D eigenvalue weighted by atomic mass is 9.90. The molecule has 6 heteroatoms. The van der Waals surface area contributed by atoms with Gasteiger partial charge < -0.3 is 9.42 Å². The van der Waals surface area contributed by atoms with Crippen molar-refractivity contribution in [3.05, 3.63) is 77.3 Å². The molecule has 1 fully saturated rings. The Balaban J connectivity index is 1.36. The standard InChI is InChI=1S/C23H25N3O2S/c1-17-14-20(25-28-17)16-29-22-21(8-5-11-24-22)23(27)26-12-9-19(10-13-26)15-18-6-3-2-4-7-18/h2-8,11,14,19H,9-10,12-13,15-16H2,1H3. The Bertz CT molecular complexity index is 950. The zero-order chi connectivity index (χ0) is 20.1. The van der Waals surface area contributed by atoms with Gasteiger partial charge in [0.05, 0.1) is 11.3 Å². The number of carbonyl (C=O) groups excluding carboxylic acids is 1. The lowest BCUT2D eigenvalue weighted by molar-refractivity contribution is 0.0686. The summed E-state index contributed by atoms with van der Waals surface area (Å²) < 4.78 is 5.12. The first kappa shape index (κ1) is 19.7. The molecule has 1 aliphatic rings. The highest BCUT2D eigenvalue weighted by Gasteiger charge is 2.25. The number of hydrogen-bond donors (Lipinski definition) is 0. The second-order valence-electron chi connectivity index (χ2n) is 7.50. The van der Waals surface area contributed by atoms with E-state index in [0.29, 0.717) is 17.2 Å². The number of carbonyl (C=O) groups is 1. The maximum absolute atomic E-state index is 13.1. The van der Waals surface area contributed by atoms with E-state index >= 15 is 0 Å². The van der Waals surface area contributed by atoms with Crippen LogP contribution >= 0.6 is 11.8 Å². The van der Waals surface area contributed by atoms with Crippen molar-refractivity contribution in [2.24, 2.45) is 5.92 Å². The molecule has 0 bridgehead atoms. The van der Waals surface area contributed by atoms with Crippen LogP contribution in [0.5, 0.6) is 0 Å². The molecule has 1 amide bonds. The van der Waals surface area contributed by atoms with Crippen molar-refractivity contribution < 1.29 is 9.32 Å². The molecule has 0 spiro atoms. The first-order valence-electron chi connectivity index (χ1n) is 10.0. The number of thioether (sulfide) groups is 1. The normalized spacial score (nSPS) is 14.9. The van der Waals surface area contributed by atoms with Crippen LogP contribution in [-0.2, 0) is 12.2 Å². The molecule has 0 saturated carbocycles. The summed E-state index contributed by atoms with van der Waals surface area (Å²) in [5, 5.41) is 4.77. The van der Waals surface area contributed by atoms with Crippen molar-refractivity contribution in [1.29, 1.82) is 0 Å². The molecule has 0 unspecified atom stereocenters. The van der Waals surface area contributed by atoms with Gasteiger partial charge in [0.15, 0.2) is 0 Å². The maximum atomic E-state index is 13.1. The van der Waals surface area contributed by atoms with Gasteiger partial charge >= 0.3 is 0 Å². The first-order chi connectivity index (χ1) is 14.2. The molecule has 4 rings (SSSR count). The molecule has 1 aromatic carbocycles. The zero-order valence-corrected chi connectivity index (χ0v) is 17.4. The summed E-state index contributed by atoms with van der Waals surface area (Å²) in [6, 6.07) is 16.2. The Hall–Kier alpha value is -2.60. The van der Waals surface area contributed by atoms with Crippen LogP contribution in [-0.4, -0.2) is 34.0 Å². The Labute approximate surface area is 175 Å². The van der Waals surface area contributed by atoms with E-state index in [1.54, 1.807) is 6.20 Å². The lowest BCUT2D eigenvalue weighted by Gasteiger charge is -2.32. The monoisotopic (exact) mass is 407 g/mol. The molecule has 2 aromatic heterocycles. The van der Waals surface area contributed by atoms with Crippen molar-refractivity contribution in [2.75, 3.05) is 13.1 Å². The largest absolute Gasteiger partial charge is 0.361 e. The van der Waals surface area contributed by atoms with E-state index in [1.165, 1.54) is 17.3 Å². The van der Waals surface area contributed by atoms with Crippen LogP contribution in [0.15, 0.2) is 64.3 Å². The van der Waals surface area contributed by atoms with Crippen molar-refractivity contribution in [3.63, 3.8) is 0 Å². The Morgan fingerprint density at radius 2 is 1.97 bits per heavy atom. The molecule has 0 N–H and O–H groups in total. The number of aryl methyl sites for hydroxylation is 1. The molecule has 0 aliphatic carbocycles. The van der Waals surface area contributed by atoms with Crippen LogP contribution < -0.4 is 0 Å². The predicted molar refractivity (Wildman–Crippen MR) is 114 cm³/mol. The van der Waals surface area contributed by atoms with Crippen LogP contribution in [0, 0.1) is 12.8 Å². The second-order valence-corrected chi connectivity index (χ2v) is 8.46. The van der Waals surface area contributed by atoms with E-state index in [4.69, 9.17) is 4.52 Å². The molecule has 1 aliphatic heterocycles. The molecule has 3 heterocycles. The summed E-state index contributed by atoms with van der Waals surface area (Å²) in [6.45, 7) is 3.48. The van der Waals surface area contributed by atoms with E-state index in [1.807, 2.05) is 30.0 Å². The topological polar surface area (TPSA) is 59.2 Å². The molecule has 150 valence electrons. The van der Waals surface area contributed by atoms with Gasteiger partial charge in [0.2, 0.25) is 0 Å². The number of piperidine rings is 1. The number of pyridine rings is 1. The van der Waals surface area contributed by atoms with E-state index in [2.05, 4.69) is 40.5 Å². The zero-order valence-electron chi connectivity index (χ0n) is 16.6. The third-order valence-corrected chi connectivity index (χ3v) is 6.34. The van der Waals surface area contributed by atoms with Gasteiger partial charge in [-0.05, 0) is 49.8 Å². The second kappa shape index (κ2) is 9.27.